The molecule has 3 rings (SSSR count). The van der Waals surface area contributed by atoms with Crippen molar-refractivity contribution < 1.29 is 19.4 Å². The van der Waals surface area contributed by atoms with Gasteiger partial charge in [-0.05, 0) is 24.6 Å². The number of ether oxygens (including phenoxy) is 1. The van der Waals surface area contributed by atoms with Crippen molar-refractivity contribution in [2.24, 2.45) is 0 Å². The summed E-state index contributed by atoms with van der Waals surface area (Å²) in [5.74, 6) is -1.26. The quantitative estimate of drug-likeness (QED) is 0.513. The molecule has 0 amide bonds. The van der Waals surface area contributed by atoms with Crippen LogP contribution in [0.3, 0.4) is 0 Å². The minimum Gasteiger partial charge on any atom is -0.478 e. The number of imidazole rings is 1. The van der Waals surface area contributed by atoms with Gasteiger partial charge in [-0.1, -0.05) is 12.1 Å². The molecule has 2 aromatic heterocycles. The van der Waals surface area contributed by atoms with Crippen molar-refractivity contribution in [1.29, 1.82) is 0 Å². The van der Waals surface area contributed by atoms with E-state index >= 15 is 0 Å². The molecule has 1 N–H and O–H groups in total. The number of aryl methyl sites for hydroxylation is 1. The summed E-state index contributed by atoms with van der Waals surface area (Å²) in [4.78, 5) is 26.7. The van der Waals surface area contributed by atoms with Gasteiger partial charge < -0.3 is 19.0 Å². The minimum atomic E-state index is -0.995. The predicted octanol–water partition coefficient (Wildman–Crippen LogP) is 2.86. The van der Waals surface area contributed by atoms with E-state index in [1.165, 1.54) is 7.11 Å². The number of esters is 1. The zero-order valence-electron chi connectivity index (χ0n) is 15.3. The van der Waals surface area contributed by atoms with Gasteiger partial charge in [0.2, 0.25) is 0 Å². The van der Waals surface area contributed by atoms with Crippen molar-refractivity contribution in [3.8, 4) is 0 Å². The van der Waals surface area contributed by atoms with E-state index in [0.717, 1.165) is 33.8 Å². The molecule has 0 saturated carbocycles. The lowest BCUT2D eigenvalue weighted by atomic mass is 10.0. The van der Waals surface area contributed by atoms with Crippen LogP contribution in [0.5, 0.6) is 0 Å². The monoisotopic (exact) mass is 367 g/mol. The molecule has 7 heteroatoms. The number of carboxylic acids is 1. The first-order valence-electron chi connectivity index (χ1n) is 8.55. The first-order chi connectivity index (χ1) is 13.0. The summed E-state index contributed by atoms with van der Waals surface area (Å²) in [5, 5.41) is 9.98. The van der Waals surface area contributed by atoms with Crippen LogP contribution in [0.25, 0.3) is 17.0 Å². The lowest BCUT2D eigenvalue weighted by Gasteiger charge is -2.08. The van der Waals surface area contributed by atoms with Gasteiger partial charge in [-0.3, -0.25) is 4.79 Å². The van der Waals surface area contributed by atoms with Gasteiger partial charge in [0.25, 0.3) is 0 Å². The Morgan fingerprint density at radius 1 is 1.33 bits per heavy atom. The van der Waals surface area contributed by atoms with Gasteiger partial charge in [0.05, 0.1) is 26.4 Å². The summed E-state index contributed by atoms with van der Waals surface area (Å²) in [5.41, 5.74) is 3.88. The van der Waals surface area contributed by atoms with Crippen LogP contribution in [0, 0.1) is 6.92 Å². The molecular formula is C20H21N3O4. The maximum Gasteiger partial charge on any atom is 0.328 e. The average Bonchev–Trinajstić information content (AvgIpc) is 3.26. The van der Waals surface area contributed by atoms with Gasteiger partial charge in [-0.25, -0.2) is 9.78 Å². The molecule has 0 bridgehead atoms. The Morgan fingerprint density at radius 2 is 2.15 bits per heavy atom. The minimum absolute atomic E-state index is 0.265. The number of aromatic nitrogens is 3. The third-order valence-corrected chi connectivity index (χ3v) is 4.58. The highest BCUT2D eigenvalue weighted by Crippen LogP contribution is 2.31. The average molecular weight is 367 g/mol. The van der Waals surface area contributed by atoms with Gasteiger partial charge in [0.15, 0.2) is 0 Å². The van der Waals surface area contributed by atoms with Crippen molar-refractivity contribution in [3.63, 3.8) is 0 Å². The van der Waals surface area contributed by atoms with E-state index in [2.05, 4.69) is 9.55 Å². The van der Waals surface area contributed by atoms with Crippen LogP contribution in [0.2, 0.25) is 0 Å². The number of rotatable bonds is 7. The molecule has 3 aromatic rings. The number of carbonyl (C=O) groups excluding carboxylic acids is 1. The third-order valence-electron chi connectivity index (χ3n) is 4.58. The molecule has 1 aromatic carbocycles. The fourth-order valence-electron chi connectivity index (χ4n) is 3.29. The Bertz CT molecular complexity index is 1000. The highest BCUT2D eigenvalue weighted by molar-refractivity contribution is 5.96. The maximum atomic E-state index is 11.6. The summed E-state index contributed by atoms with van der Waals surface area (Å²) in [6, 6.07) is 5.76. The van der Waals surface area contributed by atoms with Crippen LogP contribution < -0.4 is 0 Å². The lowest BCUT2D eigenvalue weighted by molar-refractivity contribution is -0.140. The highest BCUT2D eigenvalue weighted by Gasteiger charge is 2.17. The molecule has 0 atom stereocenters. The number of carbonyl (C=O) groups is 2. The molecule has 2 heterocycles. The van der Waals surface area contributed by atoms with Crippen LogP contribution in [0.4, 0.5) is 0 Å². The molecule has 0 saturated heterocycles. The molecule has 140 valence electrons. The second-order valence-corrected chi connectivity index (χ2v) is 6.19. The number of methoxy groups -OCH3 is 1. The van der Waals surface area contributed by atoms with Crippen LogP contribution >= 0.6 is 0 Å². The standard InChI is InChI=1S/C20H21N3O4/c1-14-16(12-22-11-9-21-13-22)20-15(6-7-18(24)25)4-3-5-17(20)23(14)10-8-19(26)27-2/h3-7,9,11,13H,8,10,12H2,1-2H3,(H,24,25). The Kier molecular flexibility index (Phi) is 5.40. The Balaban J connectivity index is 2.15. The zero-order chi connectivity index (χ0) is 19.4. The number of carboxylic acid groups (broad SMARTS) is 1. The first-order valence-corrected chi connectivity index (χ1v) is 8.55. The van der Waals surface area contributed by atoms with E-state index in [-0.39, 0.29) is 12.4 Å². The fourth-order valence-corrected chi connectivity index (χ4v) is 3.29. The number of hydrogen-bond donors (Lipinski definition) is 1. The Labute approximate surface area is 156 Å². The largest absolute Gasteiger partial charge is 0.478 e. The Hall–Kier alpha value is -3.35. The van der Waals surface area contributed by atoms with E-state index < -0.39 is 5.97 Å². The summed E-state index contributed by atoms with van der Waals surface area (Å²) < 4.78 is 8.81. The summed E-state index contributed by atoms with van der Waals surface area (Å²) in [6.45, 7) is 3.10. The predicted molar refractivity (Wildman–Crippen MR) is 101 cm³/mol. The number of nitrogens with zero attached hydrogens (tertiary/aromatic N) is 3. The van der Waals surface area contributed by atoms with E-state index in [4.69, 9.17) is 9.84 Å². The molecule has 0 fully saturated rings. The molecule has 0 aliphatic rings. The van der Waals surface area contributed by atoms with Crippen molar-refractivity contribution >= 4 is 28.9 Å². The SMILES string of the molecule is COC(=O)CCn1c(C)c(Cn2ccnc2)c2c(C=CC(=O)O)cccc21. The lowest BCUT2D eigenvalue weighted by Crippen LogP contribution is -2.08. The van der Waals surface area contributed by atoms with E-state index in [9.17, 15) is 9.59 Å². The maximum absolute atomic E-state index is 11.6. The normalized spacial score (nSPS) is 11.3. The molecule has 0 aliphatic heterocycles. The van der Waals surface area contributed by atoms with Crippen LogP contribution in [0.15, 0.2) is 43.0 Å². The van der Waals surface area contributed by atoms with E-state index in [1.54, 1.807) is 18.6 Å². The number of aliphatic carboxylic acids is 1. The fraction of sp³-hybridized carbons (Fsp3) is 0.250. The second kappa shape index (κ2) is 7.90. The topological polar surface area (TPSA) is 86.4 Å². The molecule has 0 radical (unpaired) electrons. The Morgan fingerprint density at radius 3 is 2.81 bits per heavy atom. The molecule has 7 nitrogen and oxygen atoms in total. The van der Waals surface area contributed by atoms with Crippen molar-refractivity contribution in [2.45, 2.75) is 26.4 Å². The van der Waals surface area contributed by atoms with E-state index in [1.807, 2.05) is 35.9 Å². The van der Waals surface area contributed by atoms with Gasteiger partial charge in [-0.15, -0.1) is 0 Å². The molecular weight excluding hydrogens is 346 g/mol. The molecule has 0 unspecified atom stereocenters. The van der Waals surface area contributed by atoms with Crippen LogP contribution in [0.1, 0.15) is 23.2 Å². The van der Waals surface area contributed by atoms with Crippen molar-refractivity contribution in [3.05, 3.63) is 59.8 Å². The van der Waals surface area contributed by atoms with Gasteiger partial charge in [0.1, 0.15) is 0 Å². The van der Waals surface area contributed by atoms with Gasteiger partial charge in [-0.2, -0.15) is 0 Å². The van der Waals surface area contributed by atoms with Crippen LogP contribution in [-0.4, -0.2) is 38.3 Å². The first kappa shape index (κ1) is 18.4. The molecule has 27 heavy (non-hydrogen) atoms. The molecule has 0 spiro atoms. The van der Waals surface area contributed by atoms with Gasteiger partial charge >= 0.3 is 11.9 Å². The number of hydrogen-bond acceptors (Lipinski definition) is 4. The van der Waals surface area contributed by atoms with E-state index in [0.29, 0.717) is 13.1 Å². The van der Waals surface area contributed by atoms with Crippen molar-refractivity contribution in [2.75, 3.05) is 7.11 Å². The third kappa shape index (κ3) is 3.92. The van der Waals surface area contributed by atoms with Gasteiger partial charge in [0, 0.05) is 47.2 Å². The summed E-state index contributed by atoms with van der Waals surface area (Å²) in [6.07, 6.45) is 8.35. The molecule has 0 aliphatic carbocycles. The highest BCUT2D eigenvalue weighted by atomic mass is 16.5. The zero-order valence-corrected chi connectivity index (χ0v) is 15.3. The number of benzene rings is 1. The summed E-state index contributed by atoms with van der Waals surface area (Å²) >= 11 is 0. The van der Waals surface area contributed by atoms with Crippen LogP contribution in [-0.2, 0) is 27.4 Å². The van der Waals surface area contributed by atoms with Crippen molar-refractivity contribution in [1.82, 2.24) is 14.1 Å². The number of fused-ring (bicyclic) bond motifs is 1. The summed E-state index contributed by atoms with van der Waals surface area (Å²) in [7, 11) is 1.38. The second-order valence-electron chi connectivity index (χ2n) is 6.19. The smallest absolute Gasteiger partial charge is 0.328 e.